The number of methoxy groups -OCH3 is 1. The summed E-state index contributed by atoms with van der Waals surface area (Å²) in [5, 5.41) is 1.11. The van der Waals surface area contributed by atoms with Crippen LogP contribution in [-0.4, -0.2) is 48.2 Å². The Balaban J connectivity index is 1.45. The Morgan fingerprint density at radius 3 is 2.61 bits per heavy atom. The lowest BCUT2D eigenvalue weighted by atomic mass is 10.2. The molecule has 0 aliphatic carbocycles. The van der Waals surface area contributed by atoms with Gasteiger partial charge in [-0.2, -0.15) is 0 Å². The van der Waals surface area contributed by atoms with Gasteiger partial charge in [0, 0.05) is 41.6 Å². The first-order valence-electron chi connectivity index (χ1n) is 9.29. The SMILES string of the molecule is COc1ccccc1N1CCN(c2ncnc3c2[nH]c2ccc(Br)cc23)CC1. The van der Waals surface area contributed by atoms with Crippen molar-refractivity contribution in [2.75, 3.05) is 43.1 Å². The van der Waals surface area contributed by atoms with Gasteiger partial charge in [-0.25, -0.2) is 9.97 Å². The molecule has 1 fully saturated rings. The lowest BCUT2D eigenvalue weighted by Gasteiger charge is -2.37. The molecule has 0 saturated carbocycles. The number of para-hydroxylation sites is 2. The van der Waals surface area contributed by atoms with Gasteiger partial charge in [-0.05, 0) is 30.3 Å². The molecule has 0 amide bonds. The molecule has 28 heavy (non-hydrogen) atoms. The highest BCUT2D eigenvalue weighted by Crippen LogP contribution is 2.33. The zero-order valence-corrected chi connectivity index (χ0v) is 17.1. The number of aromatic nitrogens is 3. The standard InChI is InChI=1S/C21H20BrN5O/c1-28-18-5-3-2-4-17(18)26-8-10-27(11-9-26)21-20-19(23-13-24-21)15-12-14(22)6-7-16(15)25-20/h2-7,12-13,25H,8-11H2,1H3. The van der Waals surface area contributed by atoms with Crippen LogP contribution in [0.15, 0.2) is 53.3 Å². The molecule has 7 heteroatoms. The summed E-state index contributed by atoms with van der Waals surface area (Å²) in [6, 6.07) is 14.4. The van der Waals surface area contributed by atoms with Gasteiger partial charge >= 0.3 is 0 Å². The molecule has 2 aromatic heterocycles. The van der Waals surface area contributed by atoms with Crippen molar-refractivity contribution in [3.63, 3.8) is 0 Å². The first-order valence-corrected chi connectivity index (χ1v) is 10.1. The molecule has 5 rings (SSSR count). The predicted molar refractivity (Wildman–Crippen MR) is 117 cm³/mol. The minimum atomic E-state index is 0.892. The third-order valence-corrected chi connectivity index (χ3v) is 5.82. The highest BCUT2D eigenvalue weighted by Gasteiger charge is 2.23. The fourth-order valence-corrected chi connectivity index (χ4v) is 4.30. The summed E-state index contributed by atoms with van der Waals surface area (Å²) in [5.41, 5.74) is 4.19. The number of piperazine rings is 1. The van der Waals surface area contributed by atoms with E-state index in [1.54, 1.807) is 13.4 Å². The summed E-state index contributed by atoms with van der Waals surface area (Å²) in [6.45, 7) is 3.61. The largest absolute Gasteiger partial charge is 0.495 e. The topological polar surface area (TPSA) is 57.3 Å². The molecule has 1 aliphatic heterocycles. The Morgan fingerprint density at radius 1 is 1.00 bits per heavy atom. The van der Waals surface area contributed by atoms with Gasteiger partial charge in [0.25, 0.3) is 0 Å². The number of benzene rings is 2. The van der Waals surface area contributed by atoms with Crippen molar-refractivity contribution < 1.29 is 4.74 Å². The second-order valence-electron chi connectivity index (χ2n) is 6.88. The zero-order chi connectivity index (χ0) is 19.1. The van der Waals surface area contributed by atoms with Crippen LogP contribution in [0.4, 0.5) is 11.5 Å². The van der Waals surface area contributed by atoms with Gasteiger partial charge in [0.05, 0.1) is 12.8 Å². The van der Waals surface area contributed by atoms with Gasteiger partial charge < -0.3 is 19.5 Å². The first kappa shape index (κ1) is 17.3. The number of fused-ring (bicyclic) bond motifs is 3. The molecule has 1 aliphatic rings. The van der Waals surface area contributed by atoms with E-state index in [9.17, 15) is 0 Å². The number of aromatic amines is 1. The lowest BCUT2D eigenvalue weighted by molar-refractivity contribution is 0.413. The molecule has 0 bridgehead atoms. The Hall–Kier alpha value is -2.80. The average molecular weight is 438 g/mol. The van der Waals surface area contributed by atoms with E-state index >= 15 is 0 Å². The van der Waals surface area contributed by atoms with E-state index < -0.39 is 0 Å². The van der Waals surface area contributed by atoms with Crippen molar-refractivity contribution in [2.24, 2.45) is 0 Å². The average Bonchev–Trinajstić information content (AvgIpc) is 3.12. The van der Waals surface area contributed by atoms with Gasteiger partial charge in [0.2, 0.25) is 0 Å². The number of nitrogens with zero attached hydrogens (tertiary/aromatic N) is 4. The van der Waals surface area contributed by atoms with E-state index in [0.29, 0.717) is 0 Å². The fraction of sp³-hybridized carbons (Fsp3) is 0.238. The molecule has 4 aromatic rings. The minimum Gasteiger partial charge on any atom is -0.495 e. The molecule has 1 saturated heterocycles. The maximum absolute atomic E-state index is 5.53. The molecular weight excluding hydrogens is 418 g/mol. The predicted octanol–water partition coefficient (Wildman–Crippen LogP) is 4.21. The van der Waals surface area contributed by atoms with Crippen LogP contribution in [0.3, 0.4) is 0 Å². The van der Waals surface area contributed by atoms with E-state index in [1.165, 1.54) is 0 Å². The second kappa shape index (κ2) is 6.98. The summed E-state index contributed by atoms with van der Waals surface area (Å²) in [6.07, 6.45) is 1.67. The van der Waals surface area contributed by atoms with Crippen molar-refractivity contribution in [3.8, 4) is 5.75 Å². The molecular formula is C21H20BrN5O. The molecule has 0 radical (unpaired) electrons. The lowest BCUT2D eigenvalue weighted by Crippen LogP contribution is -2.47. The number of halogens is 1. The van der Waals surface area contributed by atoms with E-state index in [1.807, 2.05) is 18.2 Å². The van der Waals surface area contributed by atoms with Crippen LogP contribution in [0.2, 0.25) is 0 Å². The smallest absolute Gasteiger partial charge is 0.156 e. The van der Waals surface area contributed by atoms with Crippen LogP contribution in [0.25, 0.3) is 21.9 Å². The van der Waals surface area contributed by atoms with Gasteiger partial charge in [0.15, 0.2) is 5.82 Å². The van der Waals surface area contributed by atoms with Crippen molar-refractivity contribution in [3.05, 3.63) is 53.3 Å². The Labute approximate surface area is 171 Å². The van der Waals surface area contributed by atoms with Gasteiger partial charge in [-0.3, -0.25) is 0 Å². The summed E-state index contributed by atoms with van der Waals surface area (Å²) in [7, 11) is 1.72. The monoisotopic (exact) mass is 437 g/mol. The maximum atomic E-state index is 5.53. The quantitative estimate of drug-likeness (QED) is 0.520. The van der Waals surface area contributed by atoms with Crippen LogP contribution < -0.4 is 14.5 Å². The van der Waals surface area contributed by atoms with E-state index in [2.05, 4.69) is 64.9 Å². The number of nitrogens with one attached hydrogen (secondary N) is 1. The van der Waals surface area contributed by atoms with Crippen LogP contribution in [-0.2, 0) is 0 Å². The summed E-state index contributed by atoms with van der Waals surface area (Å²) >= 11 is 3.55. The van der Waals surface area contributed by atoms with Gasteiger partial charge in [0.1, 0.15) is 23.1 Å². The number of anilines is 2. The Bertz CT molecular complexity index is 1150. The molecule has 0 atom stereocenters. The maximum Gasteiger partial charge on any atom is 0.156 e. The zero-order valence-electron chi connectivity index (χ0n) is 15.5. The Kier molecular flexibility index (Phi) is 4.31. The third kappa shape index (κ3) is 2.86. The number of hydrogen-bond donors (Lipinski definition) is 1. The molecule has 3 heterocycles. The van der Waals surface area contributed by atoms with Crippen LogP contribution >= 0.6 is 15.9 Å². The fourth-order valence-electron chi connectivity index (χ4n) is 3.94. The minimum absolute atomic E-state index is 0.892. The highest BCUT2D eigenvalue weighted by molar-refractivity contribution is 9.10. The van der Waals surface area contributed by atoms with Crippen molar-refractivity contribution in [1.29, 1.82) is 0 Å². The van der Waals surface area contributed by atoms with E-state index in [0.717, 1.165) is 69.8 Å². The number of rotatable bonds is 3. The normalized spacial score (nSPS) is 14.8. The van der Waals surface area contributed by atoms with Crippen LogP contribution in [0.5, 0.6) is 5.75 Å². The number of H-pyrrole nitrogens is 1. The van der Waals surface area contributed by atoms with Gasteiger partial charge in [-0.15, -0.1) is 0 Å². The Morgan fingerprint density at radius 2 is 1.79 bits per heavy atom. The molecule has 0 unspecified atom stereocenters. The molecule has 2 aromatic carbocycles. The van der Waals surface area contributed by atoms with E-state index in [-0.39, 0.29) is 0 Å². The molecule has 142 valence electrons. The third-order valence-electron chi connectivity index (χ3n) is 5.33. The summed E-state index contributed by atoms with van der Waals surface area (Å²) in [5.74, 6) is 1.89. The van der Waals surface area contributed by atoms with Crippen LogP contribution in [0, 0.1) is 0 Å². The first-order chi connectivity index (χ1) is 13.7. The van der Waals surface area contributed by atoms with Crippen LogP contribution in [0.1, 0.15) is 0 Å². The molecule has 6 nitrogen and oxygen atoms in total. The molecule has 0 spiro atoms. The van der Waals surface area contributed by atoms with E-state index in [4.69, 9.17) is 4.74 Å². The summed E-state index contributed by atoms with van der Waals surface area (Å²) < 4.78 is 6.57. The summed E-state index contributed by atoms with van der Waals surface area (Å²) in [4.78, 5) is 17.4. The highest BCUT2D eigenvalue weighted by atomic mass is 79.9. The molecule has 1 N–H and O–H groups in total. The number of ether oxygens (including phenoxy) is 1. The van der Waals surface area contributed by atoms with Gasteiger partial charge in [-0.1, -0.05) is 28.1 Å². The van der Waals surface area contributed by atoms with Crippen molar-refractivity contribution in [2.45, 2.75) is 0 Å². The van der Waals surface area contributed by atoms with Crippen molar-refractivity contribution >= 4 is 49.4 Å². The van der Waals surface area contributed by atoms with Crippen molar-refractivity contribution in [1.82, 2.24) is 15.0 Å². The number of hydrogen-bond acceptors (Lipinski definition) is 5. The second-order valence-corrected chi connectivity index (χ2v) is 7.80.